The second-order valence-electron chi connectivity index (χ2n) is 4.15. The van der Waals surface area contributed by atoms with Gasteiger partial charge in [-0.3, -0.25) is 0 Å². The molecule has 19 heavy (non-hydrogen) atoms. The van der Waals surface area contributed by atoms with Crippen LogP contribution in [-0.2, 0) is 10.0 Å². The Morgan fingerprint density at radius 3 is 2.26 bits per heavy atom. The molecule has 0 aliphatic carbocycles. The van der Waals surface area contributed by atoms with Gasteiger partial charge >= 0.3 is 0 Å². The van der Waals surface area contributed by atoms with Gasteiger partial charge < -0.3 is 5.73 Å². The van der Waals surface area contributed by atoms with Gasteiger partial charge in [0.15, 0.2) is 0 Å². The van der Waals surface area contributed by atoms with Crippen LogP contribution in [0.1, 0.15) is 13.3 Å². The van der Waals surface area contributed by atoms with Crippen molar-refractivity contribution in [1.29, 1.82) is 0 Å². The molecular weight excluding hydrogens is 327 g/mol. The highest BCUT2D eigenvalue weighted by Crippen LogP contribution is 2.25. The summed E-state index contributed by atoms with van der Waals surface area (Å²) in [6.07, 6.45) is 0.305. The highest BCUT2D eigenvalue weighted by Gasteiger charge is 2.26. The largest absolute Gasteiger partial charge is 0.393 e. The molecule has 1 aromatic carbocycles. The summed E-state index contributed by atoms with van der Waals surface area (Å²) >= 11 is 16.4. The van der Waals surface area contributed by atoms with Crippen LogP contribution in [0.2, 0.25) is 10.0 Å². The first-order chi connectivity index (χ1) is 8.64. The van der Waals surface area contributed by atoms with Gasteiger partial charge in [0.25, 0.3) is 0 Å². The van der Waals surface area contributed by atoms with E-state index in [0.717, 1.165) is 0 Å². The van der Waals surface area contributed by atoms with Gasteiger partial charge in [0.05, 0.1) is 9.88 Å². The van der Waals surface area contributed by atoms with E-state index in [1.165, 1.54) is 29.6 Å². The van der Waals surface area contributed by atoms with E-state index in [9.17, 15) is 8.42 Å². The van der Waals surface area contributed by atoms with Crippen molar-refractivity contribution in [2.24, 2.45) is 5.73 Å². The van der Waals surface area contributed by atoms with Crippen LogP contribution in [-0.4, -0.2) is 30.8 Å². The van der Waals surface area contributed by atoms with Gasteiger partial charge in [-0.2, -0.15) is 4.31 Å². The Bertz CT molecular complexity index is 570. The summed E-state index contributed by atoms with van der Waals surface area (Å²) < 4.78 is 26.0. The molecule has 1 aromatic rings. The Kier molecular flexibility index (Phi) is 5.58. The summed E-state index contributed by atoms with van der Waals surface area (Å²) in [5.74, 6) is 0. The average molecular weight is 341 g/mol. The number of benzene rings is 1. The molecule has 0 bridgehead atoms. The van der Waals surface area contributed by atoms with Gasteiger partial charge in [-0.25, -0.2) is 8.42 Å². The molecule has 0 amide bonds. The quantitative estimate of drug-likeness (QED) is 0.837. The van der Waals surface area contributed by atoms with Gasteiger partial charge in [-0.05, 0) is 25.1 Å². The molecule has 0 fully saturated rings. The highest BCUT2D eigenvalue weighted by molar-refractivity contribution is 7.89. The lowest BCUT2D eigenvalue weighted by Crippen LogP contribution is -2.37. The monoisotopic (exact) mass is 340 g/mol. The van der Waals surface area contributed by atoms with Gasteiger partial charge in [-0.15, -0.1) is 0 Å². The number of sulfonamides is 1. The average Bonchev–Trinajstić information content (AvgIpc) is 2.25. The SMILES string of the molecule is CC(CC(N)=S)N(C)S(=O)(=O)c1cc(Cl)cc(Cl)c1. The molecule has 8 heteroatoms. The maximum atomic E-state index is 12.4. The van der Waals surface area contributed by atoms with Crippen molar-refractivity contribution in [1.82, 2.24) is 4.31 Å². The van der Waals surface area contributed by atoms with Crippen molar-refractivity contribution in [3.8, 4) is 0 Å². The molecule has 1 unspecified atom stereocenters. The topological polar surface area (TPSA) is 63.4 Å². The molecule has 0 aliphatic rings. The molecule has 0 saturated carbocycles. The Balaban J connectivity index is 3.12. The molecule has 106 valence electrons. The van der Waals surface area contributed by atoms with Crippen LogP contribution in [0.5, 0.6) is 0 Å². The Morgan fingerprint density at radius 2 is 1.84 bits per heavy atom. The van der Waals surface area contributed by atoms with Gasteiger partial charge in [0.2, 0.25) is 10.0 Å². The minimum absolute atomic E-state index is 0.0438. The number of nitrogens with zero attached hydrogens (tertiary/aromatic N) is 1. The van der Waals surface area contributed by atoms with Gasteiger partial charge in [0, 0.05) is 29.6 Å². The summed E-state index contributed by atoms with van der Waals surface area (Å²) in [4.78, 5) is 0.306. The number of hydrogen-bond acceptors (Lipinski definition) is 3. The summed E-state index contributed by atoms with van der Waals surface area (Å²) in [5.41, 5.74) is 5.43. The van der Waals surface area contributed by atoms with Crippen LogP contribution < -0.4 is 5.73 Å². The van der Waals surface area contributed by atoms with Gasteiger partial charge in [-0.1, -0.05) is 35.4 Å². The predicted molar refractivity (Wildman–Crippen MR) is 82.3 cm³/mol. The smallest absolute Gasteiger partial charge is 0.243 e. The summed E-state index contributed by atoms with van der Waals surface area (Å²) in [7, 11) is -2.21. The third-order valence-electron chi connectivity index (χ3n) is 2.63. The van der Waals surface area contributed by atoms with E-state index in [0.29, 0.717) is 6.42 Å². The molecule has 2 N–H and O–H groups in total. The van der Waals surface area contributed by atoms with Crippen molar-refractivity contribution in [3.63, 3.8) is 0 Å². The summed E-state index contributed by atoms with van der Waals surface area (Å²) in [6.45, 7) is 1.73. The fraction of sp³-hybridized carbons (Fsp3) is 0.364. The van der Waals surface area contributed by atoms with E-state index in [4.69, 9.17) is 41.2 Å². The lowest BCUT2D eigenvalue weighted by atomic mass is 10.2. The maximum Gasteiger partial charge on any atom is 0.243 e. The lowest BCUT2D eigenvalue weighted by molar-refractivity contribution is 0.397. The Labute approximate surface area is 128 Å². The number of nitrogens with two attached hydrogens (primary N) is 1. The second kappa shape index (κ2) is 6.37. The molecule has 0 aromatic heterocycles. The molecule has 1 rings (SSSR count). The molecule has 0 spiro atoms. The molecular formula is C11H14Cl2N2O2S2. The van der Waals surface area contributed by atoms with E-state index in [2.05, 4.69) is 0 Å². The third kappa shape index (κ3) is 4.29. The molecule has 1 atom stereocenters. The minimum Gasteiger partial charge on any atom is -0.393 e. The lowest BCUT2D eigenvalue weighted by Gasteiger charge is -2.24. The van der Waals surface area contributed by atoms with Crippen molar-refractivity contribution >= 4 is 50.4 Å². The highest BCUT2D eigenvalue weighted by atomic mass is 35.5. The van der Waals surface area contributed by atoms with E-state index in [1.54, 1.807) is 6.92 Å². The fourth-order valence-electron chi connectivity index (χ4n) is 1.50. The normalized spacial score (nSPS) is 13.5. The summed E-state index contributed by atoms with van der Waals surface area (Å²) in [5, 5.41) is 0.531. The van der Waals surface area contributed by atoms with Crippen LogP contribution in [0.25, 0.3) is 0 Å². The molecule has 0 saturated heterocycles. The van der Waals surface area contributed by atoms with Crippen molar-refractivity contribution < 1.29 is 8.42 Å². The predicted octanol–water partition coefficient (Wildman–Crippen LogP) is 2.68. The maximum absolute atomic E-state index is 12.4. The third-order valence-corrected chi connectivity index (χ3v) is 5.18. The van der Waals surface area contributed by atoms with Crippen molar-refractivity contribution in [2.75, 3.05) is 7.05 Å². The van der Waals surface area contributed by atoms with Crippen LogP contribution in [0.15, 0.2) is 23.1 Å². The molecule has 0 heterocycles. The Hall–Kier alpha value is -0.400. The van der Waals surface area contributed by atoms with E-state index in [1.807, 2.05) is 0 Å². The molecule has 0 radical (unpaired) electrons. The zero-order valence-corrected chi connectivity index (χ0v) is 13.6. The van der Waals surface area contributed by atoms with E-state index in [-0.39, 0.29) is 26.0 Å². The van der Waals surface area contributed by atoms with Crippen LogP contribution >= 0.6 is 35.4 Å². The zero-order chi connectivity index (χ0) is 14.8. The van der Waals surface area contributed by atoms with Crippen LogP contribution in [0.4, 0.5) is 0 Å². The van der Waals surface area contributed by atoms with Crippen LogP contribution in [0, 0.1) is 0 Å². The van der Waals surface area contributed by atoms with E-state index >= 15 is 0 Å². The zero-order valence-electron chi connectivity index (χ0n) is 10.4. The van der Waals surface area contributed by atoms with Crippen molar-refractivity contribution in [2.45, 2.75) is 24.3 Å². The van der Waals surface area contributed by atoms with Gasteiger partial charge in [0.1, 0.15) is 0 Å². The Morgan fingerprint density at radius 1 is 1.37 bits per heavy atom. The fourth-order valence-corrected chi connectivity index (χ4v) is 3.83. The van der Waals surface area contributed by atoms with Crippen LogP contribution in [0.3, 0.4) is 0 Å². The number of rotatable bonds is 5. The minimum atomic E-state index is -3.68. The molecule has 0 aliphatic heterocycles. The first-order valence-corrected chi connectivity index (χ1v) is 7.97. The summed E-state index contributed by atoms with van der Waals surface area (Å²) in [6, 6.07) is 3.83. The standard InChI is InChI=1S/C11H14Cl2N2O2S2/c1-7(3-11(14)18)15(2)19(16,17)10-5-8(12)4-9(13)6-10/h4-7H,3H2,1-2H3,(H2,14,18). The second-order valence-corrected chi connectivity index (χ2v) is 7.54. The number of hydrogen-bond donors (Lipinski definition) is 1. The number of halogens is 2. The van der Waals surface area contributed by atoms with E-state index < -0.39 is 10.0 Å². The first kappa shape index (κ1) is 16.7. The molecule has 4 nitrogen and oxygen atoms in total. The number of thiocarbonyl (C=S) groups is 1. The van der Waals surface area contributed by atoms with Crippen molar-refractivity contribution in [3.05, 3.63) is 28.2 Å². The first-order valence-electron chi connectivity index (χ1n) is 5.37.